The highest BCUT2D eigenvalue weighted by atomic mass is 35.5. The lowest BCUT2D eigenvalue weighted by molar-refractivity contribution is 0.531. The van der Waals surface area contributed by atoms with Crippen LogP contribution in [0.25, 0.3) is 0 Å². The second-order valence-electron chi connectivity index (χ2n) is 5.45. The van der Waals surface area contributed by atoms with Gasteiger partial charge in [0, 0.05) is 18.1 Å². The van der Waals surface area contributed by atoms with E-state index in [2.05, 4.69) is 54.0 Å². The number of benzene rings is 1. The third-order valence-electron chi connectivity index (χ3n) is 3.77. The molecule has 0 aliphatic carbocycles. The molecule has 1 atom stereocenters. The Balaban J connectivity index is 2.11. The molecule has 2 rings (SSSR count). The smallest absolute Gasteiger partial charge is 0.0596 e. The molecule has 3 heteroatoms. The average Bonchev–Trinajstić information content (AvgIpc) is 2.80. The fourth-order valence-corrected chi connectivity index (χ4v) is 2.88. The van der Waals surface area contributed by atoms with Gasteiger partial charge in [0.05, 0.1) is 5.69 Å². The first-order chi connectivity index (χ1) is 9.63. The summed E-state index contributed by atoms with van der Waals surface area (Å²) >= 11 is 6.19. The van der Waals surface area contributed by atoms with Gasteiger partial charge >= 0.3 is 0 Å². The predicted molar refractivity (Wildman–Crippen MR) is 85.4 cm³/mol. The van der Waals surface area contributed by atoms with Crippen LogP contribution in [0, 0.1) is 19.8 Å². The van der Waals surface area contributed by atoms with Crippen molar-refractivity contribution in [2.24, 2.45) is 5.92 Å². The number of aryl methyl sites for hydroxylation is 3. The normalized spacial score (nSPS) is 12.6. The van der Waals surface area contributed by atoms with Gasteiger partial charge in [-0.25, -0.2) is 0 Å². The second kappa shape index (κ2) is 6.94. The van der Waals surface area contributed by atoms with Gasteiger partial charge in [-0.3, -0.25) is 4.68 Å². The molecule has 0 N–H and O–H groups in total. The van der Waals surface area contributed by atoms with E-state index >= 15 is 0 Å². The fraction of sp³-hybridized carbons (Fsp3) is 0.471. The van der Waals surface area contributed by atoms with Crippen molar-refractivity contribution in [3.63, 3.8) is 0 Å². The molecule has 1 aromatic heterocycles. The highest BCUT2D eigenvalue weighted by Gasteiger charge is 2.14. The molecule has 0 aliphatic heterocycles. The SMILES string of the molecule is CCn1nc(C)cc1CC(CCl)Cc1ccccc1C. The Kier molecular flexibility index (Phi) is 5.24. The summed E-state index contributed by atoms with van der Waals surface area (Å²) in [6.07, 6.45) is 2.02. The Hall–Kier alpha value is -1.28. The number of aromatic nitrogens is 2. The topological polar surface area (TPSA) is 17.8 Å². The summed E-state index contributed by atoms with van der Waals surface area (Å²) in [6.45, 7) is 7.27. The molecule has 0 fully saturated rings. The molecule has 1 unspecified atom stereocenters. The summed E-state index contributed by atoms with van der Waals surface area (Å²) in [5.74, 6) is 1.14. The van der Waals surface area contributed by atoms with Gasteiger partial charge in [0.25, 0.3) is 0 Å². The van der Waals surface area contributed by atoms with Crippen molar-refractivity contribution >= 4 is 11.6 Å². The summed E-state index contributed by atoms with van der Waals surface area (Å²) in [5, 5.41) is 4.51. The largest absolute Gasteiger partial charge is 0.270 e. The molecule has 0 spiro atoms. The van der Waals surface area contributed by atoms with Crippen molar-refractivity contribution in [3.8, 4) is 0 Å². The van der Waals surface area contributed by atoms with E-state index in [1.807, 2.05) is 6.92 Å². The minimum absolute atomic E-state index is 0.458. The summed E-state index contributed by atoms with van der Waals surface area (Å²) in [5.41, 5.74) is 5.13. The number of alkyl halides is 1. The zero-order valence-electron chi connectivity index (χ0n) is 12.6. The second-order valence-corrected chi connectivity index (χ2v) is 5.76. The molecule has 0 radical (unpaired) electrons. The Morgan fingerprint density at radius 1 is 1.20 bits per heavy atom. The van der Waals surface area contributed by atoms with E-state index in [0.29, 0.717) is 11.8 Å². The number of nitrogens with zero attached hydrogens (tertiary/aromatic N) is 2. The van der Waals surface area contributed by atoms with Crippen LogP contribution in [0.5, 0.6) is 0 Å². The number of rotatable bonds is 6. The van der Waals surface area contributed by atoms with E-state index in [4.69, 9.17) is 11.6 Å². The molecular weight excluding hydrogens is 268 g/mol. The average molecular weight is 291 g/mol. The van der Waals surface area contributed by atoms with Gasteiger partial charge in [0.1, 0.15) is 0 Å². The maximum absolute atomic E-state index is 6.19. The van der Waals surface area contributed by atoms with Crippen LogP contribution in [0.15, 0.2) is 30.3 Å². The first-order valence-corrected chi connectivity index (χ1v) is 7.81. The third kappa shape index (κ3) is 3.63. The Morgan fingerprint density at radius 3 is 2.60 bits per heavy atom. The van der Waals surface area contributed by atoms with E-state index in [9.17, 15) is 0 Å². The van der Waals surface area contributed by atoms with Crippen molar-refractivity contribution in [1.82, 2.24) is 9.78 Å². The summed E-state index contributed by atoms with van der Waals surface area (Å²) in [4.78, 5) is 0. The van der Waals surface area contributed by atoms with Gasteiger partial charge in [-0.15, -0.1) is 11.6 Å². The molecule has 0 saturated heterocycles. The monoisotopic (exact) mass is 290 g/mol. The molecule has 20 heavy (non-hydrogen) atoms. The minimum Gasteiger partial charge on any atom is -0.270 e. The molecule has 0 aliphatic rings. The molecule has 0 bridgehead atoms. The molecule has 1 aromatic carbocycles. The zero-order chi connectivity index (χ0) is 14.5. The van der Waals surface area contributed by atoms with Gasteiger partial charge in [0.2, 0.25) is 0 Å². The van der Waals surface area contributed by atoms with Gasteiger partial charge in [0.15, 0.2) is 0 Å². The Bertz CT molecular complexity index is 560. The van der Waals surface area contributed by atoms with Crippen LogP contribution in [0.4, 0.5) is 0 Å². The highest BCUT2D eigenvalue weighted by Crippen LogP contribution is 2.19. The Labute approximate surface area is 126 Å². The van der Waals surface area contributed by atoms with Gasteiger partial charge in [-0.1, -0.05) is 24.3 Å². The van der Waals surface area contributed by atoms with Crippen LogP contribution in [0.1, 0.15) is 29.4 Å². The maximum Gasteiger partial charge on any atom is 0.0596 e. The van der Waals surface area contributed by atoms with Crippen LogP contribution < -0.4 is 0 Å². The summed E-state index contributed by atoms with van der Waals surface area (Å²) in [6, 6.07) is 10.7. The lowest BCUT2D eigenvalue weighted by Gasteiger charge is -2.16. The van der Waals surface area contributed by atoms with Crippen LogP contribution in [0.3, 0.4) is 0 Å². The lowest BCUT2D eigenvalue weighted by atomic mass is 9.94. The van der Waals surface area contributed by atoms with Crippen molar-refractivity contribution in [1.29, 1.82) is 0 Å². The van der Waals surface area contributed by atoms with E-state index < -0.39 is 0 Å². The zero-order valence-corrected chi connectivity index (χ0v) is 13.3. The van der Waals surface area contributed by atoms with Crippen LogP contribution >= 0.6 is 11.6 Å². The highest BCUT2D eigenvalue weighted by molar-refractivity contribution is 6.18. The van der Waals surface area contributed by atoms with E-state index in [-0.39, 0.29) is 0 Å². The van der Waals surface area contributed by atoms with Gasteiger partial charge in [-0.2, -0.15) is 5.10 Å². The van der Waals surface area contributed by atoms with E-state index in [0.717, 1.165) is 25.1 Å². The Morgan fingerprint density at radius 2 is 1.95 bits per heavy atom. The number of hydrogen-bond acceptors (Lipinski definition) is 1. The molecule has 2 nitrogen and oxygen atoms in total. The molecular formula is C17H23ClN2. The molecule has 1 heterocycles. The first kappa shape index (κ1) is 15.1. The van der Waals surface area contributed by atoms with E-state index in [1.54, 1.807) is 0 Å². The third-order valence-corrected chi connectivity index (χ3v) is 4.21. The summed E-state index contributed by atoms with van der Waals surface area (Å²) < 4.78 is 2.09. The van der Waals surface area contributed by atoms with Crippen molar-refractivity contribution < 1.29 is 0 Å². The molecule has 108 valence electrons. The lowest BCUT2D eigenvalue weighted by Crippen LogP contribution is -2.14. The molecule has 0 amide bonds. The van der Waals surface area contributed by atoms with Crippen molar-refractivity contribution in [2.45, 2.75) is 40.2 Å². The van der Waals surface area contributed by atoms with Crippen molar-refractivity contribution in [2.75, 3.05) is 5.88 Å². The number of halogens is 1. The maximum atomic E-state index is 6.19. The van der Waals surface area contributed by atoms with Crippen LogP contribution in [0.2, 0.25) is 0 Å². The van der Waals surface area contributed by atoms with Gasteiger partial charge in [-0.05, 0) is 56.7 Å². The van der Waals surface area contributed by atoms with Crippen LogP contribution in [-0.2, 0) is 19.4 Å². The standard InChI is InChI=1S/C17H23ClN2/c1-4-20-17(9-14(3)19-20)11-15(12-18)10-16-8-6-5-7-13(16)2/h5-9,15H,4,10-12H2,1-3H3. The molecule has 2 aromatic rings. The summed E-state index contributed by atoms with van der Waals surface area (Å²) in [7, 11) is 0. The van der Waals surface area contributed by atoms with E-state index in [1.165, 1.54) is 16.8 Å². The van der Waals surface area contributed by atoms with Crippen LogP contribution in [-0.4, -0.2) is 15.7 Å². The molecule has 0 saturated carbocycles. The predicted octanol–water partition coefficient (Wildman–Crippen LogP) is 4.16. The first-order valence-electron chi connectivity index (χ1n) is 7.27. The fourth-order valence-electron chi connectivity index (χ4n) is 2.66. The number of hydrogen-bond donors (Lipinski definition) is 0. The van der Waals surface area contributed by atoms with Crippen molar-refractivity contribution in [3.05, 3.63) is 52.8 Å². The quantitative estimate of drug-likeness (QED) is 0.731. The van der Waals surface area contributed by atoms with Gasteiger partial charge < -0.3 is 0 Å². The minimum atomic E-state index is 0.458.